The average Bonchev–Trinajstić information content (AvgIpc) is 2.49. The molecule has 1 saturated carbocycles. The van der Waals surface area contributed by atoms with Gasteiger partial charge in [-0.3, -0.25) is 4.79 Å². The summed E-state index contributed by atoms with van der Waals surface area (Å²) in [6.45, 7) is 3.48. The summed E-state index contributed by atoms with van der Waals surface area (Å²) in [6, 6.07) is 0. The van der Waals surface area contributed by atoms with Gasteiger partial charge in [0.05, 0.1) is 7.11 Å². The van der Waals surface area contributed by atoms with Crippen LogP contribution in [0.4, 0.5) is 0 Å². The highest BCUT2D eigenvalue weighted by Crippen LogP contribution is 2.43. The summed E-state index contributed by atoms with van der Waals surface area (Å²) in [7, 11) is 1.35. The minimum atomic E-state index is -0.436. The molecule has 78 valence electrons. The van der Waals surface area contributed by atoms with Crippen molar-refractivity contribution in [2.24, 2.45) is 5.41 Å². The Bertz CT molecular complexity index is 291. The van der Waals surface area contributed by atoms with Gasteiger partial charge in [0.2, 0.25) is 0 Å². The fraction of sp³-hybridized carbons (Fsp3) is 0.636. The summed E-state index contributed by atoms with van der Waals surface area (Å²) in [6.07, 6.45) is 4.10. The van der Waals surface area contributed by atoms with Gasteiger partial charge in [-0.1, -0.05) is 0 Å². The lowest BCUT2D eigenvalue weighted by Gasteiger charge is -2.21. The summed E-state index contributed by atoms with van der Waals surface area (Å²) in [4.78, 5) is 22.5. The first-order valence-corrected chi connectivity index (χ1v) is 4.81. The van der Waals surface area contributed by atoms with E-state index >= 15 is 0 Å². The maximum absolute atomic E-state index is 11.5. The van der Waals surface area contributed by atoms with E-state index in [-0.39, 0.29) is 11.8 Å². The van der Waals surface area contributed by atoms with Crippen molar-refractivity contribution in [3.8, 4) is 0 Å². The molecule has 0 bridgehead atoms. The first-order valence-electron chi connectivity index (χ1n) is 4.81. The minimum absolute atomic E-state index is 0.130. The Morgan fingerprint density at radius 2 is 2.14 bits per heavy atom. The highest BCUT2D eigenvalue weighted by molar-refractivity contribution is 5.89. The minimum Gasteiger partial charge on any atom is -0.466 e. The molecule has 14 heavy (non-hydrogen) atoms. The van der Waals surface area contributed by atoms with Crippen LogP contribution in [-0.4, -0.2) is 18.9 Å². The molecule has 0 aliphatic heterocycles. The molecule has 0 aromatic carbocycles. The smallest absolute Gasteiger partial charge is 0.330 e. The number of ketones is 1. The van der Waals surface area contributed by atoms with E-state index in [1.54, 1.807) is 6.92 Å². The number of Topliss-reactive ketones (excluding diaryl/α,β-unsaturated/α-hetero) is 1. The maximum Gasteiger partial charge on any atom is 0.330 e. The lowest BCUT2D eigenvalue weighted by atomic mass is 9.81. The van der Waals surface area contributed by atoms with E-state index in [2.05, 4.69) is 4.74 Å². The number of ether oxygens (including phenoxy) is 1. The van der Waals surface area contributed by atoms with Gasteiger partial charge in [0.25, 0.3) is 0 Å². The predicted octanol–water partition coefficient (Wildman–Crippen LogP) is 1.86. The molecular weight excluding hydrogens is 180 g/mol. The van der Waals surface area contributed by atoms with Gasteiger partial charge in [-0.05, 0) is 38.7 Å². The first-order chi connectivity index (χ1) is 6.50. The Kier molecular flexibility index (Phi) is 3.09. The Hall–Kier alpha value is -1.12. The Balaban J connectivity index is 2.94. The largest absolute Gasteiger partial charge is 0.466 e. The van der Waals surface area contributed by atoms with E-state index in [9.17, 15) is 9.59 Å². The zero-order chi connectivity index (χ0) is 10.8. The summed E-state index contributed by atoms with van der Waals surface area (Å²) >= 11 is 0. The molecule has 0 heterocycles. The SMILES string of the molecule is COC(=O)/C=C1/CCCC1(C)C(C)=O. The van der Waals surface area contributed by atoms with Crippen LogP contribution in [-0.2, 0) is 14.3 Å². The first kappa shape index (κ1) is 11.0. The number of methoxy groups -OCH3 is 1. The second kappa shape index (κ2) is 3.95. The van der Waals surface area contributed by atoms with Crippen molar-refractivity contribution in [1.29, 1.82) is 0 Å². The van der Waals surface area contributed by atoms with Crippen molar-refractivity contribution < 1.29 is 14.3 Å². The van der Waals surface area contributed by atoms with Gasteiger partial charge in [0.1, 0.15) is 5.78 Å². The van der Waals surface area contributed by atoms with Gasteiger partial charge in [-0.2, -0.15) is 0 Å². The van der Waals surface area contributed by atoms with Gasteiger partial charge >= 0.3 is 5.97 Å². The fourth-order valence-corrected chi connectivity index (χ4v) is 1.90. The van der Waals surface area contributed by atoms with Crippen LogP contribution >= 0.6 is 0 Å². The van der Waals surface area contributed by atoms with Crippen LogP contribution in [0.25, 0.3) is 0 Å². The van der Waals surface area contributed by atoms with Crippen LogP contribution in [0.3, 0.4) is 0 Å². The van der Waals surface area contributed by atoms with E-state index in [0.717, 1.165) is 24.8 Å². The van der Waals surface area contributed by atoms with Crippen molar-refractivity contribution in [2.75, 3.05) is 7.11 Å². The van der Waals surface area contributed by atoms with Crippen molar-refractivity contribution in [3.05, 3.63) is 11.6 Å². The van der Waals surface area contributed by atoms with E-state index in [1.807, 2.05) is 6.92 Å². The molecule has 1 unspecified atom stereocenters. The lowest BCUT2D eigenvalue weighted by molar-refractivity contribution is -0.134. The molecule has 0 aromatic rings. The molecule has 3 heteroatoms. The number of allylic oxidation sites excluding steroid dienone is 1. The number of hydrogen-bond acceptors (Lipinski definition) is 3. The van der Waals surface area contributed by atoms with E-state index in [1.165, 1.54) is 13.2 Å². The molecule has 0 N–H and O–H groups in total. The Morgan fingerprint density at radius 3 is 2.64 bits per heavy atom. The molecule has 0 amide bonds. The zero-order valence-electron chi connectivity index (χ0n) is 8.92. The van der Waals surface area contributed by atoms with Crippen LogP contribution in [0.5, 0.6) is 0 Å². The normalized spacial score (nSPS) is 29.2. The molecule has 0 radical (unpaired) electrons. The topological polar surface area (TPSA) is 43.4 Å². The third kappa shape index (κ3) is 1.86. The highest BCUT2D eigenvalue weighted by Gasteiger charge is 2.38. The van der Waals surface area contributed by atoms with Gasteiger partial charge in [-0.25, -0.2) is 4.79 Å². The molecule has 3 nitrogen and oxygen atoms in total. The van der Waals surface area contributed by atoms with Crippen molar-refractivity contribution in [3.63, 3.8) is 0 Å². The quantitative estimate of drug-likeness (QED) is 0.500. The average molecular weight is 196 g/mol. The highest BCUT2D eigenvalue weighted by atomic mass is 16.5. The second-order valence-electron chi connectivity index (χ2n) is 3.93. The van der Waals surface area contributed by atoms with Crippen LogP contribution in [0.1, 0.15) is 33.1 Å². The summed E-state index contributed by atoms with van der Waals surface area (Å²) in [5.41, 5.74) is 0.477. The summed E-state index contributed by atoms with van der Waals surface area (Å²) in [5, 5.41) is 0. The summed E-state index contributed by atoms with van der Waals surface area (Å²) < 4.78 is 4.56. The Labute approximate surface area is 84.1 Å². The van der Waals surface area contributed by atoms with E-state index in [0.29, 0.717) is 0 Å². The number of esters is 1. The predicted molar refractivity (Wildman–Crippen MR) is 52.7 cm³/mol. The molecule has 0 saturated heterocycles. The van der Waals surface area contributed by atoms with Crippen molar-refractivity contribution in [2.45, 2.75) is 33.1 Å². The zero-order valence-corrected chi connectivity index (χ0v) is 8.92. The van der Waals surface area contributed by atoms with Gasteiger partial charge in [0, 0.05) is 11.5 Å². The van der Waals surface area contributed by atoms with Crippen molar-refractivity contribution >= 4 is 11.8 Å². The van der Waals surface area contributed by atoms with E-state index in [4.69, 9.17) is 0 Å². The molecule has 1 aliphatic rings. The monoisotopic (exact) mass is 196 g/mol. The maximum atomic E-state index is 11.5. The van der Waals surface area contributed by atoms with Crippen LogP contribution in [0, 0.1) is 5.41 Å². The molecular formula is C11H16O3. The number of carbonyl (C=O) groups is 2. The number of carbonyl (C=O) groups excluding carboxylic acids is 2. The van der Waals surface area contributed by atoms with Crippen molar-refractivity contribution in [1.82, 2.24) is 0 Å². The second-order valence-corrected chi connectivity index (χ2v) is 3.93. The lowest BCUT2D eigenvalue weighted by Crippen LogP contribution is -2.24. The Morgan fingerprint density at radius 1 is 1.50 bits per heavy atom. The molecule has 1 rings (SSSR count). The molecule has 1 fully saturated rings. The summed E-state index contributed by atoms with van der Waals surface area (Å²) in [5.74, 6) is -0.237. The fourth-order valence-electron chi connectivity index (χ4n) is 1.90. The van der Waals surface area contributed by atoms with Crippen LogP contribution in [0.2, 0.25) is 0 Å². The third-order valence-electron chi connectivity index (χ3n) is 3.10. The molecule has 1 atom stereocenters. The number of rotatable bonds is 2. The molecule has 1 aliphatic carbocycles. The van der Waals surface area contributed by atoms with Gasteiger partial charge < -0.3 is 4.74 Å². The molecule has 0 spiro atoms. The third-order valence-corrected chi connectivity index (χ3v) is 3.10. The number of hydrogen-bond donors (Lipinski definition) is 0. The standard InChI is InChI=1S/C11H16O3/c1-8(12)11(2)6-4-5-9(11)7-10(13)14-3/h7H,4-6H2,1-3H3/b9-7-. The van der Waals surface area contributed by atoms with Crippen LogP contribution < -0.4 is 0 Å². The van der Waals surface area contributed by atoms with Gasteiger partial charge in [0.15, 0.2) is 0 Å². The van der Waals surface area contributed by atoms with Crippen LogP contribution in [0.15, 0.2) is 11.6 Å². The van der Waals surface area contributed by atoms with Gasteiger partial charge in [-0.15, -0.1) is 0 Å². The molecule has 0 aromatic heterocycles. The van der Waals surface area contributed by atoms with E-state index < -0.39 is 5.41 Å².